The molecule has 0 spiro atoms. The maximum absolute atomic E-state index is 14.3. The lowest BCUT2D eigenvalue weighted by molar-refractivity contribution is -0.198. The maximum atomic E-state index is 14.3. The van der Waals surface area contributed by atoms with Gasteiger partial charge in [0.25, 0.3) is 11.8 Å². The molecule has 2 amide bonds. The Labute approximate surface area is 244 Å². The van der Waals surface area contributed by atoms with Crippen molar-refractivity contribution in [2.45, 2.75) is 107 Å². The number of nitrogens with one attached hydrogen (secondary N) is 2. The fourth-order valence-corrected chi connectivity index (χ4v) is 5.99. The third kappa shape index (κ3) is 6.56. The largest absolute Gasteiger partial charge is 0.417 e. The standard InChI is InChI=1S/C27H33F6N5O3S/c1-14(22(39)35-13-24(2,3)41)36-20(23(40)38-15-5-6-16(38)8-7-15)21(42)17-12-34-19(11-18(17)26(28,29)30)37-25(9-4-10-25)27(31,32)33/h11-12,15-16,20,41H,4-10,13H2,1-3H3,(H,34,37)(H,35,39)/b36-14+. The molecule has 1 aromatic heterocycles. The number of hydrogen-bond donors (Lipinski definition) is 3. The number of rotatable bonds is 9. The zero-order valence-electron chi connectivity index (χ0n) is 23.3. The molecule has 0 radical (unpaired) electrons. The Bertz CT molecular complexity index is 1250. The summed E-state index contributed by atoms with van der Waals surface area (Å²) in [6.45, 7) is 4.02. The monoisotopic (exact) mass is 621 g/mol. The average Bonchev–Trinajstić information content (AvgIpc) is 3.46. The molecule has 1 atom stereocenters. The highest BCUT2D eigenvalue weighted by atomic mass is 32.1. The zero-order chi connectivity index (χ0) is 31.3. The number of amides is 2. The van der Waals surface area contributed by atoms with Crippen LogP contribution < -0.4 is 10.6 Å². The summed E-state index contributed by atoms with van der Waals surface area (Å²) in [6.07, 6.45) is -6.53. The van der Waals surface area contributed by atoms with Crippen molar-refractivity contribution < 1.29 is 41.0 Å². The molecule has 2 bridgehead atoms. The van der Waals surface area contributed by atoms with Crippen LogP contribution in [0.1, 0.15) is 76.8 Å². The molecule has 1 saturated carbocycles. The van der Waals surface area contributed by atoms with Crippen molar-refractivity contribution in [3.05, 3.63) is 23.4 Å². The molecule has 8 nitrogen and oxygen atoms in total. The van der Waals surface area contributed by atoms with Crippen LogP contribution in [0.15, 0.2) is 17.3 Å². The summed E-state index contributed by atoms with van der Waals surface area (Å²) in [6, 6.07) is -1.48. The number of thiocarbonyl (C=S) groups is 1. The lowest BCUT2D eigenvalue weighted by atomic mass is 9.76. The molecule has 3 aliphatic rings. The van der Waals surface area contributed by atoms with Crippen LogP contribution in [0.3, 0.4) is 0 Å². The minimum Gasteiger partial charge on any atom is -0.389 e. The summed E-state index contributed by atoms with van der Waals surface area (Å²) in [5, 5.41) is 14.5. The molecule has 1 aliphatic carbocycles. The first-order valence-electron chi connectivity index (χ1n) is 13.7. The molecule has 2 aliphatic heterocycles. The van der Waals surface area contributed by atoms with E-state index in [2.05, 4.69) is 20.6 Å². The second kappa shape index (κ2) is 11.4. The predicted octanol–water partition coefficient (Wildman–Crippen LogP) is 4.59. The van der Waals surface area contributed by atoms with Gasteiger partial charge in [-0.05, 0) is 71.8 Å². The van der Waals surface area contributed by atoms with Crippen LogP contribution >= 0.6 is 12.2 Å². The highest BCUT2D eigenvalue weighted by Crippen LogP contribution is 2.47. The van der Waals surface area contributed by atoms with Gasteiger partial charge in [0.1, 0.15) is 11.4 Å². The number of aliphatic imine (C=N–C) groups is 1. The lowest BCUT2D eigenvalue weighted by Crippen LogP contribution is -2.57. The first-order chi connectivity index (χ1) is 19.3. The molecule has 15 heteroatoms. The number of aromatic nitrogens is 1. The average molecular weight is 622 g/mol. The number of anilines is 1. The molecule has 1 unspecified atom stereocenters. The van der Waals surface area contributed by atoms with Crippen LogP contribution in [0.2, 0.25) is 0 Å². The number of carbonyl (C=O) groups is 2. The van der Waals surface area contributed by atoms with Crippen LogP contribution in [-0.2, 0) is 15.8 Å². The van der Waals surface area contributed by atoms with Gasteiger partial charge in [0.05, 0.1) is 21.7 Å². The topological polar surface area (TPSA) is 107 Å². The Morgan fingerprint density at radius 2 is 1.71 bits per heavy atom. The molecule has 0 aromatic carbocycles. The minimum absolute atomic E-state index is 0.125. The van der Waals surface area contributed by atoms with Gasteiger partial charge < -0.3 is 20.6 Å². The Morgan fingerprint density at radius 3 is 2.17 bits per heavy atom. The first kappa shape index (κ1) is 32.1. The second-order valence-corrected chi connectivity index (χ2v) is 12.3. The summed E-state index contributed by atoms with van der Waals surface area (Å²) in [5.41, 5.74) is -5.94. The Morgan fingerprint density at radius 1 is 1.14 bits per heavy atom. The zero-order valence-corrected chi connectivity index (χ0v) is 24.1. The van der Waals surface area contributed by atoms with Gasteiger partial charge in [0.2, 0.25) is 0 Å². The SMILES string of the molecule is C/C(=N\C(C(=O)N1C2CCC1CC2)C(=S)c1cnc(NC2(C(F)(F)F)CCC2)cc1C(F)(F)F)C(=O)NCC(C)(C)O. The summed E-state index contributed by atoms with van der Waals surface area (Å²) in [7, 11) is 0. The predicted molar refractivity (Wildman–Crippen MR) is 146 cm³/mol. The highest BCUT2D eigenvalue weighted by molar-refractivity contribution is 7.81. The van der Waals surface area contributed by atoms with Gasteiger partial charge in [0.15, 0.2) is 6.04 Å². The fourth-order valence-electron chi connectivity index (χ4n) is 5.67. The second-order valence-electron chi connectivity index (χ2n) is 11.9. The van der Waals surface area contributed by atoms with Gasteiger partial charge >= 0.3 is 12.4 Å². The van der Waals surface area contributed by atoms with Gasteiger partial charge in [0, 0.05) is 30.4 Å². The normalized spacial score (nSPS) is 22.9. The molecule has 3 heterocycles. The van der Waals surface area contributed by atoms with Crippen molar-refractivity contribution in [2.24, 2.45) is 4.99 Å². The number of pyridine rings is 1. The van der Waals surface area contributed by atoms with Crippen molar-refractivity contribution in [1.29, 1.82) is 0 Å². The third-order valence-corrected chi connectivity index (χ3v) is 8.56. The van der Waals surface area contributed by atoms with E-state index >= 15 is 0 Å². The maximum Gasteiger partial charge on any atom is 0.417 e. The molecule has 3 N–H and O–H groups in total. The first-order valence-corrected chi connectivity index (χ1v) is 14.1. The summed E-state index contributed by atoms with van der Waals surface area (Å²) < 4.78 is 83.9. The third-order valence-electron chi connectivity index (χ3n) is 8.11. The minimum atomic E-state index is -5.06. The van der Waals surface area contributed by atoms with Crippen molar-refractivity contribution in [1.82, 2.24) is 15.2 Å². The number of nitrogens with zero attached hydrogens (tertiary/aromatic N) is 3. The van der Waals surface area contributed by atoms with Gasteiger partial charge in [-0.15, -0.1) is 0 Å². The van der Waals surface area contributed by atoms with E-state index in [9.17, 15) is 41.0 Å². The summed E-state index contributed by atoms with van der Waals surface area (Å²) in [4.78, 5) is 35.5. The van der Waals surface area contributed by atoms with E-state index in [1.54, 1.807) is 4.90 Å². The number of halogens is 6. The van der Waals surface area contributed by atoms with Gasteiger partial charge in [-0.25, -0.2) is 4.98 Å². The molecule has 232 valence electrons. The van der Waals surface area contributed by atoms with E-state index < -0.39 is 63.2 Å². The molecule has 1 aromatic rings. The Balaban J connectivity index is 1.71. The molecule has 2 saturated heterocycles. The van der Waals surface area contributed by atoms with Crippen molar-refractivity contribution >= 4 is 40.4 Å². The number of carbonyl (C=O) groups excluding carboxylic acids is 2. The van der Waals surface area contributed by atoms with Gasteiger partial charge in [-0.2, -0.15) is 26.3 Å². The summed E-state index contributed by atoms with van der Waals surface area (Å²) in [5.74, 6) is -2.04. The van der Waals surface area contributed by atoms with Crippen LogP contribution in [0, 0.1) is 0 Å². The molecular formula is C27H33F6N5O3S. The molecule has 3 fully saturated rings. The van der Waals surface area contributed by atoms with Crippen LogP contribution in [0.25, 0.3) is 0 Å². The number of alkyl halides is 6. The Kier molecular flexibility index (Phi) is 8.68. The van der Waals surface area contributed by atoms with E-state index in [-0.39, 0.29) is 43.6 Å². The quantitative estimate of drug-likeness (QED) is 0.161. The van der Waals surface area contributed by atoms with Crippen molar-refractivity contribution in [3.63, 3.8) is 0 Å². The van der Waals surface area contributed by atoms with E-state index in [1.165, 1.54) is 20.8 Å². The van der Waals surface area contributed by atoms with E-state index in [0.717, 1.165) is 25.7 Å². The van der Waals surface area contributed by atoms with Gasteiger partial charge in [-0.1, -0.05) is 12.2 Å². The van der Waals surface area contributed by atoms with Crippen molar-refractivity contribution in [3.8, 4) is 0 Å². The summed E-state index contributed by atoms with van der Waals surface area (Å²) >= 11 is 5.42. The van der Waals surface area contributed by atoms with Crippen LogP contribution in [0.5, 0.6) is 0 Å². The fraction of sp³-hybridized carbons (Fsp3) is 0.667. The molecule has 4 rings (SSSR count). The number of fused-ring (bicyclic) bond motifs is 2. The number of aliphatic hydroxyl groups is 1. The lowest BCUT2D eigenvalue weighted by Gasteiger charge is -2.44. The van der Waals surface area contributed by atoms with Gasteiger partial charge in [-0.3, -0.25) is 14.6 Å². The highest BCUT2D eigenvalue weighted by Gasteiger charge is 2.58. The van der Waals surface area contributed by atoms with Crippen molar-refractivity contribution in [2.75, 3.05) is 11.9 Å². The van der Waals surface area contributed by atoms with Crippen LogP contribution in [-0.4, -0.2) is 79.4 Å². The van der Waals surface area contributed by atoms with Crippen LogP contribution in [0.4, 0.5) is 32.2 Å². The smallest absolute Gasteiger partial charge is 0.389 e. The van der Waals surface area contributed by atoms with E-state index in [4.69, 9.17) is 12.2 Å². The Hall–Kier alpha value is -2.81. The number of hydrogen-bond acceptors (Lipinski definition) is 7. The van der Waals surface area contributed by atoms with E-state index in [0.29, 0.717) is 12.3 Å². The molecular weight excluding hydrogens is 588 g/mol. The van der Waals surface area contributed by atoms with E-state index in [1.807, 2.05) is 0 Å². The molecule has 42 heavy (non-hydrogen) atoms.